The highest BCUT2D eigenvalue weighted by Gasteiger charge is 2.28. The first kappa shape index (κ1) is 13.2. The largest absolute Gasteiger partial charge is 0.384 e. The van der Waals surface area contributed by atoms with E-state index in [9.17, 15) is 4.79 Å². The number of carbonyl (C=O) groups excluding carboxylic acids is 1. The van der Waals surface area contributed by atoms with Crippen LogP contribution in [0, 0.1) is 6.92 Å². The Balaban J connectivity index is 1.83. The van der Waals surface area contributed by atoms with Crippen molar-refractivity contribution < 1.29 is 4.79 Å². The normalized spacial score (nSPS) is 16.4. The van der Waals surface area contributed by atoms with Crippen LogP contribution in [0.3, 0.4) is 0 Å². The fraction of sp³-hybridized carbons (Fsp3) is 0.188. The number of amides is 1. The van der Waals surface area contributed by atoms with Gasteiger partial charge < -0.3 is 10.6 Å². The fourth-order valence-electron chi connectivity index (χ4n) is 2.47. The van der Waals surface area contributed by atoms with Crippen molar-refractivity contribution in [3.05, 3.63) is 58.1 Å². The van der Waals surface area contributed by atoms with E-state index in [1.807, 2.05) is 49.4 Å². The van der Waals surface area contributed by atoms with Crippen molar-refractivity contribution in [1.82, 2.24) is 0 Å². The number of halogens is 1. The van der Waals surface area contributed by atoms with E-state index in [0.29, 0.717) is 6.54 Å². The Morgan fingerprint density at radius 1 is 1.30 bits per heavy atom. The van der Waals surface area contributed by atoms with Crippen molar-refractivity contribution >= 4 is 33.2 Å². The molecule has 0 saturated heterocycles. The summed E-state index contributed by atoms with van der Waals surface area (Å²) in [5.74, 6) is -0.118. The number of nitrogens with one attached hydrogen (secondary N) is 2. The first-order valence-electron chi connectivity index (χ1n) is 6.55. The lowest BCUT2D eigenvalue weighted by molar-refractivity contribution is -0.117. The second-order valence-corrected chi connectivity index (χ2v) is 5.85. The number of carbonyl (C=O) groups is 1. The van der Waals surface area contributed by atoms with Crippen LogP contribution in [0.4, 0.5) is 11.4 Å². The molecule has 0 bridgehead atoms. The van der Waals surface area contributed by atoms with E-state index >= 15 is 0 Å². The topological polar surface area (TPSA) is 41.1 Å². The third kappa shape index (κ3) is 2.43. The van der Waals surface area contributed by atoms with Crippen LogP contribution in [0.1, 0.15) is 17.0 Å². The Labute approximate surface area is 126 Å². The molecular formula is C16H15BrN2O. The summed E-state index contributed by atoms with van der Waals surface area (Å²) in [6.45, 7) is 2.66. The summed E-state index contributed by atoms with van der Waals surface area (Å²) < 4.78 is 0.899. The molecule has 2 N–H and O–H groups in total. The van der Waals surface area contributed by atoms with Crippen LogP contribution in [0.15, 0.2) is 46.9 Å². The highest BCUT2D eigenvalue weighted by Crippen LogP contribution is 2.32. The summed E-state index contributed by atoms with van der Waals surface area (Å²) in [6.07, 6.45) is 0. The van der Waals surface area contributed by atoms with Gasteiger partial charge in [0.2, 0.25) is 5.91 Å². The molecule has 1 aliphatic rings. The first-order chi connectivity index (χ1) is 9.65. The molecule has 0 aliphatic carbocycles. The standard InChI is InChI=1S/C16H15BrN2O/c1-10-6-7-13(17)15(8-10)19-16(20)12-9-18-14-5-3-2-4-11(12)14/h2-8,12,18H,9H2,1H3,(H,19,20). The van der Waals surface area contributed by atoms with Gasteiger partial charge in [-0.3, -0.25) is 4.79 Å². The number of para-hydroxylation sites is 1. The quantitative estimate of drug-likeness (QED) is 0.876. The minimum Gasteiger partial charge on any atom is -0.384 e. The van der Waals surface area contributed by atoms with Gasteiger partial charge in [-0.2, -0.15) is 0 Å². The molecule has 0 radical (unpaired) electrons. The lowest BCUT2D eigenvalue weighted by Gasteiger charge is -2.13. The third-order valence-corrected chi connectivity index (χ3v) is 4.22. The zero-order valence-corrected chi connectivity index (χ0v) is 12.7. The Morgan fingerprint density at radius 3 is 2.95 bits per heavy atom. The number of hydrogen-bond acceptors (Lipinski definition) is 2. The van der Waals surface area contributed by atoms with Crippen LogP contribution < -0.4 is 10.6 Å². The second-order valence-electron chi connectivity index (χ2n) is 4.99. The molecule has 1 amide bonds. The third-order valence-electron chi connectivity index (χ3n) is 3.53. The highest BCUT2D eigenvalue weighted by molar-refractivity contribution is 9.10. The van der Waals surface area contributed by atoms with Crippen LogP contribution >= 0.6 is 15.9 Å². The number of rotatable bonds is 2. The maximum atomic E-state index is 12.5. The van der Waals surface area contributed by atoms with Gasteiger partial charge in [-0.1, -0.05) is 24.3 Å². The Bertz CT molecular complexity index is 669. The second kappa shape index (κ2) is 5.29. The van der Waals surface area contributed by atoms with Gasteiger partial charge in [0.05, 0.1) is 11.6 Å². The molecule has 1 aliphatic heterocycles. The molecule has 1 heterocycles. The molecule has 0 spiro atoms. The molecule has 4 heteroatoms. The van der Waals surface area contributed by atoms with E-state index in [1.54, 1.807) is 0 Å². The number of anilines is 2. The molecule has 2 aromatic carbocycles. The molecule has 2 aromatic rings. The lowest BCUT2D eigenvalue weighted by Crippen LogP contribution is -2.22. The summed E-state index contributed by atoms with van der Waals surface area (Å²) in [7, 11) is 0. The maximum Gasteiger partial charge on any atom is 0.233 e. The minimum atomic E-state index is -0.140. The highest BCUT2D eigenvalue weighted by atomic mass is 79.9. The van der Waals surface area contributed by atoms with E-state index in [2.05, 4.69) is 26.6 Å². The Kier molecular flexibility index (Phi) is 3.49. The Morgan fingerprint density at radius 2 is 2.10 bits per heavy atom. The molecular weight excluding hydrogens is 316 g/mol. The molecule has 102 valence electrons. The van der Waals surface area contributed by atoms with Gasteiger partial charge in [-0.05, 0) is 52.2 Å². The van der Waals surface area contributed by atoms with Crippen LogP contribution in [0.2, 0.25) is 0 Å². The van der Waals surface area contributed by atoms with Gasteiger partial charge >= 0.3 is 0 Å². The first-order valence-corrected chi connectivity index (χ1v) is 7.34. The molecule has 1 atom stereocenters. The van der Waals surface area contributed by atoms with Crippen LogP contribution in [-0.4, -0.2) is 12.5 Å². The zero-order valence-electron chi connectivity index (χ0n) is 11.1. The number of fused-ring (bicyclic) bond motifs is 1. The SMILES string of the molecule is Cc1ccc(Br)c(NC(=O)C2CNc3ccccc32)c1. The van der Waals surface area contributed by atoms with Crippen LogP contribution in [-0.2, 0) is 4.79 Å². The van der Waals surface area contributed by atoms with Crippen molar-refractivity contribution in [3.8, 4) is 0 Å². The fourth-order valence-corrected chi connectivity index (χ4v) is 2.82. The van der Waals surface area contributed by atoms with Crippen molar-refractivity contribution in [2.75, 3.05) is 17.2 Å². The van der Waals surface area contributed by atoms with Crippen molar-refractivity contribution in [2.45, 2.75) is 12.8 Å². The number of hydrogen-bond donors (Lipinski definition) is 2. The lowest BCUT2D eigenvalue weighted by atomic mass is 10.0. The molecule has 0 fully saturated rings. The average Bonchev–Trinajstić information content (AvgIpc) is 2.87. The molecule has 1 unspecified atom stereocenters. The molecule has 0 aromatic heterocycles. The number of aryl methyl sites for hydroxylation is 1. The average molecular weight is 331 g/mol. The van der Waals surface area contributed by atoms with Gasteiger partial charge in [0, 0.05) is 16.7 Å². The van der Waals surface area contributed by atoms with Gasteiger partial charge in [0.1, 0.15) is 0 Å². The van der Waals surface area contributed by atoms with Gasteiger partial charge in [0.15, 0.2) is 0 Å². The predicted octanol–water partition coefficient (Wildman–Crippen LogP) is 3.91. The van der Waals surface area contributed by atoms with E-state index in [1.165, 1.54) is 0 Å². The summed E-state index contributed by atoms with van der Waals surface area (Å²) >= 11 is 3.47. The van der Waals surface area contributed by atoms with Crippen LogP contribution in [0.25, 0.3) is 0 Å². The van der Waals surface area contributed by atoms with Crippen molar-refractivity contribution in [1.29, 1.82) is 0 Å². The molecule has 0 saturated carbocycles. The summed E-state index contributed by atoms with van der Waals surface area (Å²) in [5, 5.41) is 6.28. The summed E-state index contributed by atoms with van der Waals surface area (Å²) in [4.78, 5) is 12.5. The maximum absolute atomic E-state index is 12.5. The Hall–Kier alpha value is -1.81. The van der Waals surface area contributed by atoms with Crippen molar-refractivity contribution in [3.63, 3.8) is 0 Å². The smallest absolute Gasteiger partial charge is 0.233 e. The van der Waals surface area contributed by atoms with Gasteiger partial charge in [-0.25, -0.2) is 0 Å². The van der Waals surface area contributed by atoms with Crippen molar-refractivity contribution in [2.24, 2.45) is 0 Å². The summed E-state index contributed by atoms with van der Waals surface area (Å²) in [6, 6.07) is 13.9. The summed E-state index contributed by atoms with van der Waals surface area (Å²) in [5.41, 5.74) is 4.05. The zero-order chi connectivity index (χ0) is 14.1. The molecule has 20 heavy (non-hydrogen) atoms. The van der Waals surface area contributed by atoms with E-state index in [0.717, 1.165) is 27.0 Å². The predicted molar refractivity (Wildman–Crippen MR) is 85.2 cm³/mol. The van der Waals surface area contributed by atoms with Gasteiger partial charge in [-0.15, -0.1) is 0 Å². The van der Waals surface area contributed by atoms with Gasteiger partial charge in [0.25, 0.3) is 0 Å². The number of benzene rings is 2. The molecule has 3 nitrogen and oxygen atoms in total. The van der Waals surface area contributed by atoms with E-state index in [4.69, 9.17) is 0 Å². The molecule has 3 rings (SSSR count). The monoisotopic (exact) mass is 330 g/mol. The van der Waals surface area contributed by atoms with E-state index in [-0.39, 0.29) is 11.8 Å². The minimum absolute atomic E-state index is 0.0220. The van der Waals surface area contributed by atoms with E-state index < -0.39 is 0 Å². The van der Waals surface area contributed by atoms with Crippen LogP contribution in [0.5, 0.6) is 0 Å².